The first-order chi connectivity index (χ1) is 9.20. The van der Waals surface area contributed by atoms with Gasteiger partial charge < -0.3 is 14.5 Å². The third kappa shape index (κ3) is 3.59. The van der Waals surface area contributed by atoms with Crippen LogP contribution in [-0.4, -0.2) is 13.1 Å². The molecule has 1 heterocycles. The van der Waals surface area contributed by atoms with Gasteiger partial charge in [0.25, 0.3) is 0 Å². The molecule has 0 aliphatic rings. The van der Waals surface area contributed by atoms with E-state index >= 15 is 0 Å². The maximum Gasteiger partial charge on any atom is 0.341 e. The van der Waals surface area contributed by atoms with E-state index in [9.17, 15) is 4.79 Å². The smallest absolute Gasteiger partial charge is 0.341 e. The summed E-state index contributed by atoms with van der Waals surface area (Å²) in [5.41, 5.74) is 1.43. The third-order valence-electron chi connectivity index (χ3n) is 2.65. The molecule has 0 aliphatic carbocycles. The lowest BCUT2D eigenvalue weighted by molar-refractivity contribution is 0.0600. The molecule has 100 valence electrons. The summed E-state index contributed by atoms with van der Waals surface area (Å²) in [7, 11) is 1.34. The number of esters is 1. The number of ether oxygens (including phenoxy) is 1. The zero-order chi connectivity index (χ0) is 13.7. The molecule has 0 bridgehead atoms. The van der Waals surface area contributed by atoms with Gasteiger partial charge in [0, 0.05) is 11.6 Å². The molecule has 0 spiro atoms. The Balaban J connectivity index is 1.88. The maximum absolute atomic E-state index is 11.2. The zero-order valence-corrected chi connectivity index (χ0v) is 11.2. The number of benzene rings is 1. The third-order valence-corrected chi connectivity index (χ3v) is 3.02. The van der Waals surface area contributed by atoms with Gasteiger partial charge in [0.2, 0.25) is 0 Å². The number of rotatable bonds is 5. The van der Waals surface area contributed by atoms with Gasteiger partial charge in [-0.2, -0.15) is 0 Å². The van der Waals surface area contributed by atoms with E-state index in [4.69, 9.17) is 16.0 Å². The SMILES string of the molecule is COC(=O)c1coc(CNCc2ccccc2Cl)c1. The Bertz CT molecular complexity index is 565. The average Bonchev–Trinajstić information content (AvgIpc) is 2.89. The fourth-order valence-corrected chi connectivity index (χ4v) is 1.86. The fraction of sp³-hybridized carbons (Fsp3) is 0.214. The summed E-state index contributed by atoms with van der Waals surface area (Å²) in [5.74, 6) is 0.272. The van der Waals surface area contributed by atoms with Crippen LogP contribution in [-0.2, 0) is 17.8 Å². The number of carbonyl (C=O) groups excluding carboxylic acids is 1. The van der Waals surface area contributed by atoms with Gasteiger partial charge in [0.1, 0.15) is 12.0 Å². The molecular weight excluding hydrogens is 266 g/mol. The van der Waals surface area contributed by atoms with Crippen LogP contribution in [0.2, 0.25) is 5.02 Å². The van der Waals surface area contributed by atoms with Crippen molar-refractivity contribution in [3.05, 3.63) is 58.5 Å². The van der Waals surface area contributed by atoms with Crippen molar-refractivity contribution in [1.82, 2.24) is 5.32 Å². The van der Waals surface area contributed by atoms with E-state index in [0.29, 0.717) is 24.4 Å². The summed E-state index contributed by atoms with van der Waals surface area (Å²) in [6, 6.07) is 9.29. The summed E-state index contributed by atoms with van der Waals surface area (Å²) in [4.78, 5) is 11.2. The minimum absolute atomic E-state index is 0.402. The number of methoxy groups -OCH3 is 1. The molecule has 0 radical (unpaired) electrons. The van der Waals surface area contributed by atoms with Crippen molar-refractivity contribution in [2.75, 3.05) is 7.11 Å². The molecule has 1 aromatic carbocycles. The molecule has 0 unspecified atom stereocenters. The number of hydrogen-bond donors (Lipinski definition) is 1. The van der Waals surface area contributed by atoms with E-state index in [-0.39, 0.29) is 0 Å². The molecule has 2 aromatic rings. The van der Waals surface area contributed by atoms with E-state index in [1.165, 1.54) is 13.4 Å². The predicted molar refractivity (Wildman–Crippen MR) is 72.0 cm³/mol. The Morgan fingerprint density at radius 3 is 2.89 bits per heavy atom. The van der Waals surface area contributed by atoms with Crippen LogP contribution in [0.25, 0.3) is 0 Å². The van der Waals surface area contributed by atoms with Gasteiger partial charge in [-0.05, 0) is 17.7 Å². The number of halogens is 1. The molecule has 0 fully saturated rings. The van der Waals surface area contributed by atoms with Crippen LogP contribution in [0.1, 0.15) is 21.7 Å². The van der Waals surface area contributed by atoms with Crippen molar-refractivity contribution in [3.8, 4) is 0 Å². The van der Waals surface area contributed by atoms with Gasteiger partial charge in [-0.15, -0.1) is 0 Å². The summed E-state index contributed by atoms with van der Waals surface area (Å²) in [5, 5.41) is 3.93. The molecule has 0 amide bonds. The van der Waals surface area contributed by atoms with Crippen LogP contribution in [0.4, 0.5) is 0 Å². The summed E-state index contributed by atoms with van der Waals surface area (Å²) >= 11 is 6.05. The lowest BCUT2D eigenvalue weighted by atomic mass is 10.2. The lowest BCUT2D eigenvalue weighted by Gasteiger charge is -2.04. The molecule has 19 heavy (non-hydrogen) atoms. The van der Waals surface area contributed by atoms with Crippen LogP contribution in [0.5, 0.6) is 0 Å². The highest BCUT2D eigenvalue weighted by atomic mass is 35.5. The van der Waals surface area contributed by atoms with Crippen molar-refractivity contribution >= 4 is 17.6 Å². The van der Waals surface area contributed by atoms with Crippen LogP contribution in [0, 0.1) is 0 Å². The molecule has 0 aliphatic heterocycles. The largest absolute Gasteiger partial charge is 0.467 e. The molecule has 2 rings (SSSR count). The molecule has 4 nitrogen and oxygen atoms in total. The minimum atomic E-state index is -0.402. The Hall–Kier alpha value is -1.78. The molecule has 0 saturated heterocycles. The van der Waals surface area contributed by atoms with Crippen molar-refractivity contribution in [2.45, 2.75) is 13.1 Å². The molecule has 1 aromatic heterocycles. The van der Waals surface area contributed by atoms with E-state index in [1.54, 1.807) is 6.07 Å². The summed E-state index contributed by atoms with van der Waals surface area (Å²) in [6.07, 6.45) is 1.39. The minimum Gasteiger partial charge on any atom is -0.467 e. The second-order valence-electron chi connectivity index (χ2n) is 3.99. The van der Waals surface area contributed by atoms with Crippen molar-refractivity contribution in [3.63, 3.8) is 0 Å². The average molecular weight is 280 g/mol. The lowest BCUT2D eigenvalue weighted by Crippen LogP contribution is -2.12. The number of carbonyl (C=O) groups is 1. The second-order valence-corrected chi connectivity index (χ2v) is 4.40. The van der Waals surface area contributed by atoms with Crippen molar-refractivity contribution < 1.29 is 13.9 Å². The Morgan fingerprint density at radius 2 is 2.16 bits per heavy atom. The van der Waals surface area contributed by atoms with E-state index in [0.717, 1.165) is 10.6 Å². The number of nitrogens with one attached hydrogen (secondary N) is 1. The Morgan fingerprint density at radius 1 is 1.37 bits per heavy atom. The summed E-state index contributed by atoms with van der Waals surface area (Å²) < 4.78 is 9.86. The van der Waals surface area contributed by atoms with E-state index < -0.39 is 5.97 Å². The molecule has 0 saturated carbocycles. The molecule has 1 N–H and O–H groups in total. The van der Waals surface area contributed by atoms with Gasteiger partial charge in [-0.25, -0.2) is 4.79 Å². The van der Waals surface area contributed by atoms with E-state index in [2.05, 4.69) is 10.1 Å². The first-order valence-corrected chi connectivity index (χ1v) is 6.18. The van der Waals surface area contributed by atoms with Crippen LogP contribution < -0.4 is 5.32 Å². The zero-order valence-electron chi connectivity index (χ0n) is 10.5. The van der Waals surface area contributed by atoms with Gasteiger partial charge in [0.15, 0.2) is 0 Å². The van der Waals surface area contributed by atoms with Gasteiger partial charge in [0.05, 0.1) is 19.2 Å². The normalized spacial score (nSPS) is 10.4. The first-order valence-electron chi connectivity index (χ1n) is 5.80. The number of furan rings is 1. The topological polar surface area (TPSA) is 51.5 Å². The quantitative estimate of drug-likeness (QED) is 0.855. The van der Waals surface area contributed by atoms with Crippen LogP contribution in [0.3, 0.4) is 0 Å². The van der Waals surface area contributed by atoms with Gasteiger partial charge in [-0.3, -0.25) is 0 Å². The molecular formula is C14H14ClNO3. The van der Waals surface area contributed by atoms with Crippen LogP contribution in [0.15, 0.2) is 41.0 Å². The second kappa shape index (κ2) is 6.41. The van der Waals surface area contributed by atoms with Crippen molar-refractivity contribution in [2.24, 2.45) is 0 Å². The molecule has 5 heteroatoms. The Labute approximate surface area is 116 Å². The van der Waals surface area contributed by atoms with Gasteiger partial charge >= 0.3 is 5.97 Å². The highest BCUT2D eigenvalue weighted by molar-refractivity contribution is 6.31. The van der Waals surface area contributed by atoms with E-state index in [1.807, 2.05) is 24.3 Å². The maximum atomic E-state index is 11.2. The van der Waals surface area contributed by atoms with Crippen molar-refractivity contribution in [1.29, 1.82) is 0 Å². The molecule has 0 atom stereocenters. The predicted octanol–water partition coefficient (Wildman–Crippen LogP) is 3.01. The standard InChI is InChI=1S/C14H14ClNO3/c1-18-14(17)11-6-12(19-9-11)8-16-7-10-4-2-3-5-13(10)15/h2-6,9,16H,7-8H2,1H3. The van der Waals surface area contributed by atoms with Gasteiger partial charge in [-0.1, -0.05) is 29.8 Å². The fourth-order valence-electron chi connectivity index (χ4n) is 1.66. The number of hydrogen-bond acceptors (Lipinski definition) is 4. The first kappa shape index (κ1) is 13.6. The monoisotopic (exact) mass is 279 g/mol. The highest BCUT2D eigenvalue weighted by Crippen LogP contribution is 2.15. The van der Waals surface area contributed by atoms with Crippen LogP contribution >= 0.6 is 11.6 Å². The highest BCUT2D eigenvalue weighted by Gasteiger charge is 2.09. The Kier molecular flexibility index (Phi) is 4.60. The summed E-state index contributed by atoms with van der Waals surface area (Å²) in [6.45, 7) is 1.15.